The highest BCUT2D eigenvalue weighted by atomic mass is 127. The second kappa shape index (κ2) is 9.79. The van der Waals surface area contributed by atoms with Gasteiger partial charge in [0.25, 0.3) is 0 Å². The topological polar surface area (TPSA) is 99.1 Å². The molecule has 27 heavy (non-hydrogen) atoms. The van der Waals surface area contributed by atoms with E-state index in [0.29, 0.717) is 42.9 Å². The van der Waals surface area contributed by atoms with Gasteiger partial charge in [-0.2, -0.15) is 0 Å². The third kappa shape index (κ3) is 5.39. The quantitative estimate of drug-likeness (QED) is 0.402. The van der Waals surface area contributed by atoms with Crippen molar-refractivity contribution in [2.75, 3.05) is 26.7 Å². The number of carboxylic acid groups (broad SMARTS) is 1. The molecule has 1 aromatic carbocycles. The van der Waals surface area contributed by atoms with E-state index in [1.54, 1.807) is 18.2 Å². The fraction of sp³-hybridized carbons (Fsp3) is 0.556. The molecule has 7 nitrogen and oxygen atoms in total. The van der Waals surface area contributed by atoms with Crippen LogP contribution >= 0.6 is 34.2 Å². The van der Waals surface area contributed by atoms with E-state index in [1.165, 1.54) is 12.0 Å². The van der Waals surface area contributed by atoms with Gasteiger partial charge in [-0.25, -0.2) is 9.59 Å². The zero-order chi connectivity index (χ0) is 20.0. The largest absolute Gasteiger partial charge is 0.465 e. The number of alkyl halides is 1. The molecule has 2 unspecified atom stereocenters. The number of carbonyl (C=O) groups excluding carboxylic acids is 1. The first-order valence-electron chi connectivity index (χ1n) is 8.71. The first-order valence-corrected chi connectivity index (χ1v) is 10.3. The normalized spacial score (nSPS) is 20.4. The van der Waals surface area contributed by atoms with E-state index >= 15 is 0 Å². The van der Waals surface area contributed by atoms with E-state index in [1.807, 2.05) is 6.07 Å². The van der Waals surface area contributed by atoms with Crippen molar-refractivity contribution >= 4 is 46.4 Å². The third-order valence-electron chi connectivity index (χ3n) is 4.93. The molecule has 1 heterocycles. The lowest BCUT2D eigenvalue weighted by Gasteiger charge is -2.44. The highest BCUT2D eigenvalue weighted by Crippen LogP contribution is 2.43. The van der Waals surface area contributed by atoms with Gasteiger partial charge >= 0.3 is 12.2 Å². The molecular weight excluding hydrogens is 487 g/mol. The van der Waals surface area contributed by atoms with Gasteiger partial charge < -0.3 is 25.2 Å². The van der Waals surface area contributed by atoms with Crippen LogP contribution in [0.15, 0.2) is 24.3 Å². The summed E-state index contributed by atoms with van der Waals surface area (Å²) in [5, 5.41) is 24.3. The number of aliphatic hydroxyl groups is 1. The summed E-state index contributed by atoms with van der Waals surface area (Å²) in [6.45, 7) is 1.05. The van der Waals surface area contributed by atoms with Crippen LogP contribution in [0.3, 0.4) is 0 Å². The van der Waals surface area contributed by atoms with Crippen molar-refractivity contribution in [2.45, 2.75) is 28.8 Å². The average molecular weight is 511 g/mol. The minimum atomic E-state index is -1.28. The number of nitrogens with one attached hydrogen (secondary N) is 1. The molecule has 150 valence electrons. The maximum Gasteiger partial charge on any atom is 0.407 e. The standard InChI is InChI=1S/C18H24ClIN2O5/c1-27-16(23)21-8-7-15(20)18(26,12-4-2-6-14(19)10-12)13-5-3-9-22(11-13)17(24)25/h2,4,6,10,13,15,26H,3,5,7-9,11H2,1H3,(H,21,23)(H,24,25)/t13?,15?,18-/m1/s1. The monoisotopic (exact) mass is 510 g/mol. The fourth-order valence-electron chi connectivity index (χ4n) is 3.51. The molecule has 1 fully saturated rings. The number of hydrogen-bond donors (Lipinski definition) is 3. The first-order chi connectivity index (χ1) is 12.8. The highest BCUT2D eigenvalue weighted by molar-refractivity contribution is 14.1. The zero-order valence-corrected chi connectivity index (χ0v) is 17.9. The van der Waals surface area contributed by atoms with E-state index < -0.39 is 17.8 Å². The van der Waals surface area contributed by atoms with Gasteiger partial charge in [0.1, 0.15) is 5.60 Å². The van der Waals surface area contributed by atoms with Crippen LogP contribution in [0.4, 0.5) is 9.59 Å². The average Bonchev–Trinajstić information content (AvgIpc) is 2.67. The van der Waals surface area contributed by atoms with Crippen LogP contribution < -0.4 is 5.32 Å². The Kier molecular flexibility index (Phi) is 7.99. The predicted octanol–water partition coefficient (Wildman–Crippen LogP) is 3.47. The van der Waals surface area contributed by atoms with Crippen molar-refractivity contribution in [3.05, 3.63) is 34.9 Å². The number of methoxy groups -OCH3 is 1. The second-order valence-electron chi connectivity index (χ2n) is 6.58. The molecule has 1 aliphatic heterocycles. The summed E-state index contributed by atoms with van der Waals surface area (Å²) >= 11 is 8.32. The summed E-state index contributed by atoms with van der Waals surface area (Å²) in [5.41, 5.74) is -0.623. The second-order valence-corrected chi connectivity index (χ2v) is 8.52. The fourth-order valence-corrected chi connectivity index (χ4v) is 4.88. The van der Waals surface area contributed by atoms with Crippen LogP contribution in [0.5, 0.6) is 0 Å². The molecule has 2 amide bonds. The molecule has 0 aliphatic carbocycles. The summed E-state index contributed by atoms with van der Waals surface area (Å²) in [5.74, 6) is -0.277. The third-order valence-corrected chi connectivity index (χ3v) is 6.74. The van der Waals surface area contributed by atoms with E-state index in [-0.39, 0.29) is 16.4 Å². The number of carbonyl (C=O) groups is 2. The first kappa shape index (κ1) is 22.0. The van der Waals surface area contributed by atoms with Crippen molar-refractivity contribution in [2.24, 2.45) is 5.92 Å². The van der Waals surface area contributed by atoms with Gasteiger partial charge in [-0.1, -0.05) is 46.3 Å². The molecule has 9 heteroatoms. The summed E-state index contributed by atoms with van der Waals surface area (Å²) in [6.07, 6.45) is 0.368. The number of rotatable bonds is 6. The van der Waals surface area contributed by atoms with Crippen LogP contribution in [0.1, 0.15) is 24.8 Å². The zero-order valence-electron chi connectivity index (χ0n) is 15.0. The Morgan fingerprint density at radius 2 is 2.26 bits per heavy atom. The maximum absolute atomic E-state index is 11.8. The molecule has 3 N–H and O–H groups in total. The Morgan fingerprint density at radius 1 is 1.52 bits per heavy atom. The van der Waals surface area contributed by atoms with Gasteiger partial charge in [0, 0.05) is 34.5 Å². The minimum Gasteiger partial charge on any atom is -0.465 e. The Bertz CT molecular complexity index is 677. The summed E-state index contributed by atoms with van der Waals surface area (Å²) in [7, 11) is 1.29. The molecule has 0 saturated carbocycles. The SMILES string of the molecule is COC(=O)NCCC(I)[C@@](O)(c1cccc(Cl)c1)C1CCCN(C(=O)O)C1. The lowest BCUT2D eigenvalue weighted by Crippen LogP contribution is -2.52. The van der Waals surface area contributed by atoms with Crippen molar-refractivity contribution in [3.8, 4) is 0 Å². The molecule has 0 radical (unpaired) electrons. The Labute approximate surface area is 177 Å². The smallest absolute Gasteiger partial charge is 0.407 e. The molecule has 1 saturated heterocycles. The lowest BCUT2D eigenvalue weighted by molar-refractivity contribution is -0.0487. The van der Waals surface area contributed by atoms with Gasteiger partial charge in [-0.15, -0.1) is 0 Å². The van der Waals surface area contributed by atoms with E-state index in [2.05, 4.69) is 32.6 Å². The van der Waals surface area contributed by atoms with Gasteiger partial charge in [0.15, 0.2) is 0 Å². The number of piperidine rings is 1. The summed E-state index contributed by atoms with van der Waals surface area (Å²) < 4.78 is 4.30. The Balaban J connectivity index is 2.27. The molecule has 2 rings (SSSR count). The predicted molar refractivity (Wildman–Crippen MR) is 111 cm³/mol. The lowest BCUT2D eigenvalue weighted by atomic mass is 9.74. The molecule has 0 bridgehead atoms. The molecule has 1 aliphatic rings. The molecular formula is C18H24ClIN2O5. The Hall–Kier alpha value is -1.26. The number of amides is 2. The van der Waals surface area contributed by atoms with Gasteiger partial charge in [0.05, 0.1) is 7.11 Å². The van der Waals surface area contributed by atoms with Crippen LogP contribution in [0.2, 0.25) is 5.02 Å². The maximum atomic E-state index is 11.8. The number of halogens is 2. The summed E-state index contributed by atoms with van der Waals surface area (Å²) in [4.78, 5) is 24.1. The van der Waals surface area contributed by atoms with Crippen LogP contribution in [0, 0.1) is 5.92 Å². The molecule has 0 spiro atoms. The van der Waals surface area contributed by atoms with Gasteiger partial charge in [-0.3, -0.25) is 0 Å². The minimum absolute atomic E-state index is 0.252. The van der Waals surface area contributed by atoms with Gasteiger partial charge in [-0.05, 0) is 37.0 Å². The van der Waals surface area contributed by atoms with Crippen molar-refractivity contribution in [1.82, 2.24) is 10.2 Å². The summed E-state index contributed by atoms with van der Waals surface area (Å²) in [6, 6.07) is 7.04. The van der Waals surface area contributed by atoms with Crippen molar-refractivity contribution in [3.63, 3.8) is 0 Å². The number of alkyl carbamates (subject to hydrolysis) is 1. The van der Waals surface area contributed by atoms with E-state index in [4.69, 9.17) is 11.6 Å². The Morgan fingerprint density at radius 3 is 2.89 bits per heavy atom. The van der Waals surface area contributed by atoms with Crippen LogP contribution in [-0.4, -0.2) is 58.0 Å². The van der Waals surface area contributed by atoms with E-state index in [0.717, 1.165) is 0 Å². The van der Waals surface area contributed by atoms with E-state index in [9.17, 15) is 19.8 Å². The molecule has 0 aromatic heterocycles. The highest BCUT2D eigenvalue weighted by Gasteiger charge is 2.46. The molecule has 1 aromatic rings. The van der Waals surface area contributed by atoms with Gasteiger partial charge in [0.2, 0.25) is 0 Å². The van der Waals surface area contributed by atoms with Crippen LogP contribution in [0.25, 0.3) is 0 Å². The molecule has 3 atom stereocenters. The number of hydrogen-bond acceptors (Lipinski definition) is 4. The number of ether oxygens (including phenoxy) is 1. The number of likely N-dealkylation sites (tertiary alicyclic amines) is 1. The van der Waals surface area contributed by atoms with Crippen LogP contribution in [-0.2, 0) is 10.3 Å². The number of nitrogens with zero attached hydrogens (tertiary/aromatic N) is 1. The number of benzene rings is 1. The van der Waals surface area contributed by atoms with Crippen molar-refractivity contribution in [1.29, 1.82) is 0 Å². The van der Waals surface area contributed by atoms with Crippen molar-refractivity contribution < 1.29 is 24.5 Å².